The molecule has 0 saturated carbocycles. The summed E-state index contributed by atoms with van der Waals surface area (Å²) in [6.07, 6.45) is -5.23. The van der Waals surface area contributed by atoms with Crippen LogP contribution in [0.4, 0.5) is 17.6 Å². The maximum Gasteiger partial charge on any atom is 0.389 e. The number of aromatic amines is 1. The quantitative estimate of drug-likeness (QED) is 0.381. The van der Waals surface area contributed by atoms with Gasteiger partial charge < -0.3 is 10.1 Å². The van der Waals surface area contributed by atoms with E-state index < -0.39 is 18.4 Å². The number of hydrogen-bond donors (Lipinski definition) is 2. The molecule has 2 N–H and O–H groups in total. The number of tetrazole rings is 1. The lowest BCUT2D eigenvalue weighted by molar-refractivity contribution is -0.136. The van der Waals surface area contributed by atoms with Crippen molar-refractivity contribution in [2.45, 2.75) is 25.9 Å². The number of H-pyrrole nitrogens is 1. The predicted molar refractivity (Wildman–Crippen MR) is 115 cm³/mol. The molecule has 2 heterocycles. The van der Waals surface area contributed by atoms with E-state index in [1.807, 2.05) is 31.2 Å². The highest BCUT2D eigenvalue weighted by Crippen LogP contribution is 2.38. The average molecular weight is 459 g/mol. The van der Waals surface area contributed by atoms with Gasteiger partial charge >= 0.3 is 6.18 Å². The zero-order valence-electron chi connectivity index (χ0n) is 17.7. The van der Waals surface area contributed by atoms with Crippen molar-refractivity contribution in [3.8, 4) is 5.75 Å². The van der Waals surface area contributed by atoms with E-state index in [2.05, 4.69) is 25.9 Å². The van der Waals surface area contributed by atoms with Crippen molar-refractivity contribution in [3.05, 3.63) is 76.9 Å². The summed E-state index contributed by atoms with van der Waals surface area (Å²) in [5.74, 6) is 0.248. The van der Waals surface area contributed by atoms with Gasteiger partial charge in [-0.1, -0.05) is 29.8 Å². The minimum atomic E-state index is -4.20. The van der Waals surface area contributed by atoms with E-state index in [4.69, 9.17) is 4.74 Å². The number of alkyl halides is 3. The first kappa shape index (κ1) is 22.5. The van der Waals surface area contributed by atoms with Crippen LogP contribution in [0.1, 0.15) is 35.4 Å². The van der Waals surface area contributed by atoms with E-state index in [0.29, 0.717) is 39.5 Å². The smallest absolute Gasteiger partial charge is 0.389 e. The second-order valence-electron chi connectivity index (χ2n) is 7.59. The standard InChI is InChI=1S/C23H21F4N5O/c1-14-3-5-15(6-4-14)19-18(22-29-31-32-30-22)13-28-21(20(19)24)16-7-9-17(10-8-16)33-12-2-11-23(25,26)27/h3-10,28H,2,11-13H2,1H3,(H,29,30,31,32). The van der Waals surface area contributed by atoms with Gasteiger partial charge in [-0.3, -0.25) is 0 Å². The summed E-state index contributed by atoms with van der Waals surface area (Å²) < 4.78 is 57.9. The van der Waals surface area contributed by atoms with Crippen LogP contribution >= 0.6 is 0 Å². The number of ether oxygens (including phenoxy) is 1. The van der Waals surface area contributed by atoms with Gasteiger partial charge in [0.1, 0.15) is 5.75 Å². The van der Waals surface area contributed by atoms with Gasteiger partial charge in [0.2, 0.25) is 5.82 Å². The Morgan fingerprint density at radius 2 is 1.70 bits per heavy atom. The molecule has 0 bridgehead atoms. The normalized spacial score (nSPS) is 14.5. The maximum atomic E-state index is 15.8. The Labute approximate surface area is 187 Å². The lowest BCUT2D eigenvalue weighted by Gasteiger charge is -2.23. The van der Waals surface area contributed by atoms with Crippen molar-refractivity contribution in [3.63, 3.8) is 0 Å². The highest BCUT2D eigenvalue weighted by molar-refractivity contribution is 6.02. The van der Waals surface area contributed by atoms with Crippen molar-refractivity contribution in [1.82, 2.24) is 25.9 Å². The minimum absolute atomic E-state index is 0.0530. The Morgan fingerprint density at radius 1 is 1.00 bits per heavy atom. The molecule has 33 heavy (non-hydrogen) atoms. The van der Waals surface area contributed by atoms with Crippen LogP contribution in [0.15, 0.2) is 54.4 Å². The minimum Gasteiger partial charge on any atom is -0.494 e. The van der Waals surface area contributed by atoms with Gasteiger partial charge in [0.15, 0.2) is 5.83 Å². The summed E-state index contributed by atoms with van der Waals surface area (Å²) >= 11 is 0. The molecular formula is C23H21F4N5O. The van der Waals surface area contributed by atoms with Gasteiger partial charge in [0.25, 0.3) is 0 Å². The van der Waals surface area contributed by atoms with Crippen molar-refractivity contribution in [1.29, 1.82) is 0 Å². The van der Waals surface area contributed by atoms with Crippen molar-refractivity contribution in [2.75, 3.05) is 13.2 Å². The number of halogens is 4. The molecule has 1 aliphatic rings. The number of benzene rings is 2. The number of aromatic nitrogens is 4. The molecule has 0 aliphatic carbocycles. The summed E-state index contributed by atoms with van der Waals surface area (Å²) in [4.78, 5) is 0. The van der Waals surface area contributed by atoms with Crippen LogP contribution in [0, 0.1) is 6.92 Å². The lowest BCUT2D eigenvalue weighted by Crippen LogP contribution is -2.22. The molecule has 172 valence electrons. The molecule has 4 rings (SSSR count). The molecule has 0 amide bonds. The molecule has 0 spiro atoms. The number of aryl methyl sites for hydroxylation is 1. The molecule has 0 atom stereocenters. The molecule has 0 radical (unpaired) electrons. The Hall–Kier alpha value is -3.69. The molecule has 1 aliphatic heterocycles. The Bertz CT molecular complexity index is 1150. The fraction of sp³-hybridized carbons (Fsp3) is 0.261. The summed E-state index contributed by atoms with van der Waals surface area (Å²) in [7, 11) is 0. The van der Waals surface area contributed by atoms with Crippen molar-refractivity contribution in [2.24, 2.45) is 0 Å². The van der Waals surface area contributed by atoms with Crippen molar-refractivity contribution < 1.29 is 22.3 Å². The van der Waals surface area contributed by atoms with Gasteiger partial charge in [0, 0.05) is 29.7 Å². The van der Waals surface area contributed by atoms with Crippen LogP contribution in [0.25, 0.3) is 16.8 Å². The zero-order valence-corrected chi connectivity index (χ0v) is 17.7. The summed E-state index contributed by atoms with van der Waals surface area (Å²) in [6.45, 7) is 2.18. The number of dihydropyridines is 1. The molecule has 0 unspecified atom stereocenters. The van der Waals surface area contributed by atoms with E-state index in [1.54, 1.807) is 24.3 Å². The molecule has 2 aromatic carbocycles. The molecular weight excluding hydrogens is 438 g/mol. The third-order valence-electron chi connectivity index (χ3n) is 5.15. The highest BCUT2D eigenvalue weighted by Gasteiger charge is 2.27. The summed E-state index contributed by atoms with van der Waals surface area (Å²) in [5, 5.41) is 17.1. The van der Waals surface area contributed by atoms with Gasteiger partial charge in [0.05, 0.1) is 12.3 Å². The van der Waals surface area contributed by atoms with Gasteiger partial charge in [-0.05, 0) is 48.4 Å². The van der Waals surface area contributed by atoms with Crippen LogP contribution in [0.2, 0.25) is 0 Å². The number of nitrogens with zero attached hydrogens (tertiary/aromatic N) is 3. The first-order valence-electron chi connectivity index (χ1n) is 10.3. The largest absolute Gasteiger partial charge is 0.494 e. The third kappa shape index (κ3) is 5.39. The molecule has 6 nitrogen and oxygen atoms in total. The molecule has 0 saturated heterocycles. The van der Waals surface area contributed by atoms with E-state index in [1.165, 1.54) is 0 Å². The summed E-state index contributed by atoms with van der Waals surface area (Å²) in [5.41, 5.74) is 3.54. The topological polar surface area (TPSA) is 75.7 Å². The Kier molecular flexibility index (Phi) is 6.43. The fourth-order valence-electron chi connectivity index (χ4n) is 3.51. The monoisotopic (exact) mass is 459 g/mol. The second kappa shape index (κ2) is 9.43. The Balaban J connectivity index is 1.60. The molecule has 1 aromatic heterocycles. The van der Waals surface area contributed by atoms with Gasteiger partial charge in [-0.2, -0.15) is 18.4 Å². The average Bonchev–Trinajstić information content (AvgIpc) is 3.32. The number of hydrogen-bond acceptors (Lipinski definition) is 5. The van der Waals surface area contributed by atoms with E-state index in [0.717, 1.165) is 5.56 Å². The number of nitrogens with one attached hydrogen (secondary N) is 2. The molecule has 0 fully saturated rings. The highest BCUT2D eigenvalue weighted by atomic mass is 19.4. The number of allylic oxidation sites excluding steroid dienone is 2. The van der Waals surface area contributed by atoms with E-state index in [9.17, 15) is 13.2 Å². The molecule has 3 aromatic rings. The molecule has 10 heteroatoms. The van der Waals surface area contributed by atoms with Crippen molar-refractivity contribution >= 4 is 16.8 Å². The maximum absolute atomic E-state index is 15.8. The van der Waals surface area contributed by atoms with E-state index in [-0.39, 0.29) is 19.6 Å². The lowest BCUT2D eigenvalue weighted by atomic mass is 9.92. The zero-order chi connectivity index (χ0) is 23.4. The van der Waals surface area contributed by atoms with Crippen LogP contribution in [-0.4, -0.2) is 40.0 Å². The first-order chi connectivity index (χ1) is 15.8. The van der Waals surface area contributed by atoms with E-state index >= 15 is 4.39 Å². The third-order valence-corrected chi connectivity index (χ3v) is 5.15. The van der Waals surface area contributed by atoms with Crippen LogP contribution < -0.4 is 10.1 Å². The van der Waals surface area contributed by atoms with Crippen LogP contribution in [0.5, 0.6) is 5.75 Å². The van der Waals surface area contributed by atoms with Crippen LogP contribution in [-0.2, 0) is 0 Å². The summed E-state index contributed by atoms with van der Waals surface area (Å²) in [6, 6.07) is 14.0. The predicted octanol–water partition coefficient (Wildman–Crippen LogP) is 5.08. The van der Waals surface area contributed by atoms with Crippen LogP contribution in [0.3, 0.4) is 0 Å². The second-order valence-corrected chi connectivity index (χ2v) is 7.59. The van der Waals surface area contributed by atoms with Gasteiger partial charge in [-0.15, -0.1) is 10.2 Å². The van der Waals surface area contributed by atoms with Gasteiger partial charge in [-0.25, -0.2) is 4.39 Å². The Morgan fingerprint density at radius 3 is 2.33 bits per heavy atom. The fourth-order valence-corrected chi connectivity index (χ4v) is 3.51. The SMILES string of the molecule is Cc1ccc(C2=C(c3nn[nH]n3)CNC(c3ccc(OCCCC(F)(F)F)cc3)=C2F)cc1. The first-order valence-corrected chi connectivity index (χ1v) is 10.3. The number of rotatable bonds is 7.